The molecular weight excluding hydrogens is 244 g/mol. The highest BCUT2D eigenvalue weighted by molar-refractivity contribution is 5.02. The zero-order chi connectivity index (χ0) is 14.1. The molecule has 1 spiro atoms. The molecule has 1 heterocycles. The molecule has 1 saturated heterocycles. The fraction of sp³-hybridized carbons (Fsp3) is 1.00. The number of rotatable bonds is 3. The van der Waals surface area contributed by atoms with Gasteiger partial charge >= 0.3 is 0 Å². The molecule has 3 fully saturated rings. The second-order valence-corrected chi connectivity index (χ2v) is 7.85. The van der Waals surface area contributed by atoms with Crippen molar-refractivity contribution in [2.75, 3.05) is 19.6 Å². The first-order valence-electron chi connectivity index (χ1n) is 9.20. The van der Waals surface area contributed by atoms with Gasteiger partial charge in [0.25, 0.3) is 0 Å². The number of likely N-dealkylation sites (tertiary alicyclic amines) is 1. The van der Waals surface area contributed by atoms with Crippen LogP contribution in [0, 0.1) is 11.3 Å². The Kier molecular flexibility index (Phi) is 4.42. The predicted octanol–water partition coefficient (Wildman–Crippen LogP) is 3.94. The number of nitrogens with zero attached hydrogens (tertiary/aromatic N) is 1. The summed E-state index contributed by atoms with van der Waals surface area (Å²) < 4.78 is 0. The van der Waals surface area contributed by atoms with Gasteiger partial charge in [-0.1, -0.05) is 39.0 Å². The molecule has 0 amide bonds. The van der Waals surface area contributed by atoms with Crippen LogP contribution in [0.25, 0.3) is 0 Å². The Labute approximate surface area is 125 Å². The van der Waals surface area contributed by atoms with Gasteiger partial charge in [-0.15, -0.1) is 0 Å². The first kappa shape index (κ1) is 14.8. The van der Waals surface area contributed by atoms with E-state index in [0.717, 1.165) is 17.9 Å². The van der Waals surface area contributed by atoms with Gasteiger partial charge in [-0.05, 0) is 62.9 Å². The minimum Gasteiger partial charge on any atom is -0.329 e. The van der Waals surface area contributed by atoms with Gasteiger partial charge in [0, 0.05) is 12.1 Å². The van der Waals surface area contributed by atoms with Crippen LogP contribution in [0.3, 0.4) is 0 Å². The van der Waals surface area contributed by atoms with E-state index < -0.39 is 0 Å². The molecule has 0 aromatic rings. The van der Waals surface area contributed by atoms with Gasteiger partial charge in [0.1, 0.15) is 0 Å². The van der Waals surface area contributed by atoms with Gasteiger partial charge < -0.3 is 5.73 Å². The van der Waals surface area contributed by atoms with Crippen molar-refractivity contribution in [3.63, 3.8) is 0 Å². The Morgan fingerprint density at radius 2 is 1.60 bits per heavy atom. The number of hydrogen-bond acceptors (Lipinski definition) is 2. The molecule has 0 aromatic carbocycles. The van der Waals surface area contributed by atoms with Gasteiger partial charge in [-0.2, -0.15) is 0 Å². The van der Waals surface area contributed by atoms with E-state index in [1.54, 1.807) is 0 Å². The number of piperidine rings is 1. The Morgan fingerprint density at radius 1 is 0.950 bits per heavy atom. The number of hydrogen-bond donors (Lipinski definition) is 1. The van der Waals surface area contributed by atoms with E-state index in [0.29, 0.717) is 5.54 Å². The third kappa shape index (κ3) is 2.43. The molecular formula is C18H34N2. The molecule has 0 bridgehead atoms. The molecule has 2 nitrogen and oxygen atoms in total. The molecule has 0 radical (unpaired) electrons. The molecule has 2 N–H and O–H groups in total. The van der Waals surface area contributed by atoms with Crippen LogP contribution in [0.5, 0.6) is 0 Å². The lowest BCUT2D eigenvalue weighted by Gasteiger charge is -2.54. The largest absolute Gasteiger partial charge is 0.329 e. The van der Waals surface area contributed by atoms with Crippen molar-refractivity contribution in [1.29, 1.82) is 0 Å². The normalized spacial score (nSPS) is 38.4. The predicted molar refractivity (Wildman–Crippen MR) is 85.7 cm³/mol. The lowest BCUT2D eigenvalue weighted by atomic mass is 9.68. The zero-order valence-electron chi connectivity index (χ0n) is 13.5. The molecule has 20 heavy (non-hydrogen) atoms. The molecule has 2 atom stereocenters. The molecule has 116 valence electrons. The van der Waals surface area contributed by atoms with E-state index in [1.807, 2.05) is 0 Å². The second kappa shape index (κ2) is 5.96. The molecule has 2 heteroatoms. The van der Waals surface area contributed by atoms with Crippen molar-refractivity contribution in [2.24, 2.45) is 17.1 Å². The average Bonchev–Trinajstić information content (AvgIpc) is 2.96. The maximum absolute atomic E-state index is 6.34. The minimum absolute atomic E-state index is 0.354. The van der Waals surface area contributed by atoms with Gasteiger partial charge in [0.2, 0.25) is 0 Å². The van der Waals surface area contributed by atoms with Crippen LogP contribution in [0.15, 0.2) is 0 Å². The summed E-state index contributed by atoms with van der Waals surface area (Å²) in [6.45, 7) is 5.92. The average molecular weight is 278 g/mol. The SMILES string of the molecule is CCC1CCCCC1(CN)N1CCC2(CCCC2)CC1. The Bertz CT molecular complexity index is 311. The van der Waals surface area contributed by atoms with Crippen LogP contribution in [-0.4, -0.2) is 30.1 Å². The minimum atomic E-state index is 0.354. The van der Waals surface area contributed by atoms with Crippen LogP contribution in [0.4, 0.5) is 0 Å². The highest BCUT2D eigenvalue weighted by atomic mass is 15.2. The second-order valence-electron chi connectivity index (χ2n) is 7.85. The lowest BCUT2D eigenvalue weighted by molar-refractivity contribution is -0.0347. The summed E-state index contributed by atoms with van der Waals surface area (Å²) in [5.74, 6) is 0.846. The molecule has 0 aromatic heterocycles. The van der Waals surface area contributed by atoms with Crippen molar-refractivity contribution >= 4 is 0 Å². The highest BCUT2D eigenvalue weighted by Crippen LogP contribution is 2.49. The summed E-state index contributed by atoms with van der Waals surface area (Å²) in [4.78, 5) is 2.84. The van der Waals surface area contributed by atoms with Crippen molar-refractivity contribution in [2.45, 2.75) is 83.1 Å². The quantitative estimate of drug-likeness (QED) is 0.847. The first-order valence-corrected chi connectivity index (χ1v) is 9.20. The topological polar surface area (TPSA) is 29.3 Å². The van der Waals surface area contributed by atoms with Crippen LogP contribution in [-0.2, 0) is 0 Å². The zero-order valence-corrected chi connectivity index (χ0v) is 13.5. The van der Waals surface area contributed by atoms with E-state index >= 15 is 0 Å². The summed E-state index contributed by atoms with van der Waals surface area (Å²) in [6, 6.07) is 0. The van der Waals surface area contributed by atoms with Crippen LogP contribution < -0.4 is 5.73 Å². The third-order valence-electron chi connectivity index (χ3n) is 7.14. The summed E-state index contributed by atoms with van der Waals surface area (Å²) in [6.07, 6.45) is 15.8. The van der Waals surface area contributed by atoms with Crippen molar-refractivity contribution in [3.8, 4) is 0 Å². The summed E-state index contributed by atoms with van der Waals surface area (Å²) >= 11 is 0. The fourth-order valence-corrected chi connectivity index (χ4v) is 5.74. The highest BCUT2D eigenvalue weighted by Gasteiger charge is 2.47. The third-order valence-corrected chi connectivity index (χ3v) is 7.14. The first-order chi connectivity index (χ1) is 9.75. The fourth-order valence-electron chi connectivity index (χ4n) is 5.74. The van der Waals surface area contributed by atoms with E-state index in [4.69, 9.17) is 5.73 Å². The Balaban J connectivity index is 1.70. The van der Waals surface area contributed by atoms with E-state index in [1.165, 1.54) is 83.7 Å². The number of nitrogens with two attached hydrogens (primary N) is 1. The summed E-state index contributed by atoms with van der Waals surface area (Å²) in [5.41, 5.74) is 7.43. The maximum atomic E-state index is 6.34. The van der Waals surface area contributed by atoms with Crippen molar-refractivity contribution < 1.29 is 0 Å². The summed E-state index contributed by atoms with van der Waals surface area (Å²) in [5, 5.41) is 0. The van der Waals surface area contributed by atoms with E-state index in [2.05, 4.69) is 11.8 Å². The van der Waals surface area contributed by atoms with Gasteiger partial charge in [-0.25, -0.2) is 0 Å². The monoisotopic (exact) mass is 278 g/mol. The molecule has 2 aliphatic carbocycles. The molecule has 3 rings (SSSR count). The smallest absolute Gasteiger partial charge is 0.0359 e. The Hall–Kier alpha value is -0.0800. The molecule has 2 unspecified atom stereocenters. The van der Waals surface area contributed by atoms with Gasteiger partial charge in [0.15, 0.2) is 0 Å². The molecule has 2 saturated carbocycles. The molecule has 3 aliphatic rings. The van der Waals surface area contributed by atoms with E-state index in [9.17, 15) is 0 Å². The summed E-state index contributed by atoms with van der Waals surface area (Å²) in [7, 11) is 0. The van der Waals surface area contributed by atoms with Crippen LogP contribution >= 0.6 is 0 Å². The van der Waals surface area contributed by atoms with E-state index in [-0.39, 0.29) is 0 Å². The maximum Gasteiger partial charge on any atom is 0.0359 e. The molecule has 1 aliphatic heterocycles. The van der Waals surface area contributed by atoms with Gasteiger partial charge in [0.05, 0.1) is 0 Å². The van der Waals surface area contributed by atoms with Gasteiger partial charge in [-0.3, -0.25) is 4.90 Å². The van der Waals surface area contributed by atoms with Crippen molar-refractivity contribution in [3.05, 3.63) is 0 Å². The van der Waals surface area contributed by atoms with Crippen LogP contribution in [0.2, 0.25) is 0 Å². The van der Waals surface area contributed by atoms with Crippen LogP contribution in [0.1, 0.15) is 77.6 Å². The standard InChI is InChI=1S/C18H34N2/c1-2-16-7-3-4-10-18(16,15-19)20-13-11-17(12-14-20)8-5-6-9-17/h16H,2-15,19H2,1H3. The Morgan fingerprint density at radius 3 is 2.20 bits per heavy atom. The lowest BCUT2D eigenvalue weighted by Crippen LogP contribution is -2.62. The van der Waals surface area contributed by atoms with Crippen molar-refractivity contribution in [1.82, 2.24) is 4.90 Å².